The van der Waals surface area contributed by atoms with E-state index in [0.717, 1.165) is 39.9 Å². The van der Waals surface area contributed by atoms with Crippen LogP contribution in [0.5, 0.6) is 11.5 Å². The number of carbonyl (C=O) groups is 2. The molecule has 1 saturated heterocycles. The van der Waals surface area contributed by atoms with Crippen LogP contribution in [0.25, 0.3) is 11.0 Å². The Morgan fingerprint density at radius 1 is 1.11 bits per heavy atom. The maximum Gasteiger partial charge on any atom is 0.289 e. The van der Waals surface area contributed by atoms with Crippen LogP contribution in [0.1, 0.15) is 11.4 Å². The molecule has 0 saturated carbocycles. The first-order chi connectivity index (χ1) is 13.5. The Morgan fingerprint density at radius 3 is 2.54 bits per heavy atom. The van der Waals surface area contributed by atoms with Crippen LogP contribution in [0.15, 0.2) is 42.5 Å². The van der Waals surface area contributed by atoms with Gasteiger partial charge in [-0.05, 0) is 29.8 Å². The van der Waals surface area contributed by atoms with Gasteiger partial charge in [0, 0.05) is 13.1 Å². The van der Waals surface area contributed by atoms with E-state index in [1.54, 1.807) is 7.11 Å². The number of aryl methyl sites for hydroxylation is 1. The highest BCUT2D eigenvalue weighted by Gasteiger charge is 2.29. The molecule has 3 aromatic rings. The zero-order chi connectivity index (χ0) is 19.7. The van der Waals surface area contributed by atoms with Crippen LogP contribution < -0.4 is 9.47 Å². The highest BCUT2D eigenvalue weighted by atomic mass is 32.2. The predicted molar refractivity (Wildman–Crippen MR) is 106 cm³/mol. The Bertz CT molecular complexity index is 1030. The zero-order valence-electron chi connectivity index (χ0n) is 15.5. The van der Waals surface area contributed by atoms with Crippen LogP contribution >= 0.6 is 11.8 Å². The van der Waals surface area contributed by atoms with Crippen molar-refractivity contribution in [1.82, 2.24) is 14.5 Å². The number of fused-ring (bicyclic) bond motifs is 1. The quantitative estimate of drug-likeness (QED) is 0.635. The number of aromatic nitrogens is 2. The molecule has 0 atom stereocenters. The molecule has 0 spiro atoms. The molecule has 1 aliphatic rings. The molecule has 0 aliphatic carbocycles. The van der Waals surface area contributed by atoms with Crippen LogP contribution in [0.4, 0.5) is 4.79 Å². The SMILES string of the molecule is COc1ccc2nc(COc3ccc(CN4C(=O)CSC4=O)cc3)n(C)c2c1. The molecule has 0 radical (unpaired) electrons. The molecule has 1 fully saturated rings. The number of imide groups is 1. The van der Waals surface area contributed by atoms with Crippen LogP contribution in [0, 0.1) is 0 Å². The number of benzene rings is 2. The summed E-state index contributed by atoms with van der Waals surface area (Å²) in [4.78, 5) is 29.3. The average molecular weight is 397 g/mol. The topological polar surface area (TPSA) is 73.7 Å². The normalized spacial score (nSPS) is 14.1. The molecule has 144 valence electrons. The third kappa shape index (κ3) is 3.55. The van der Waals surface area contributed by atoms with Gasteiger partial charge >= 0.3 is 0 Å². The molecular weight excluding hydrogens is 378 g/mol. The molecule has 2 amide bonds. The minimum Gasteiger partial charge on any atom is -0.497 e. The molecule has 28 heavy (non-hydrogen) atoms. The lowest BCUT2D eigenvalue weighted by Gasteiger charge is -2.13. The lowest BCUT2D eigenvalue weighted by atomic mass is 10.2. The van der Waals surface area contributed by atoms with Crippen LogP contribution in [-0.2, 0) is 25.0 Å². The minimum absolute atomic E-state index is 0.145. The Kier molecular flexibility index (Phi) is 4.95. The third-order valence-electron chi connectivity index (χ3n) is 4.65. The van der Waals surface area contributed by atoms with Gasteiger partial charge in [-0.15, -0.1) is 0 Å². The highest BCUT2D eigenvalue weighted by Crippen LogP contribution is 2.24. The lowest BCUT2D eigenvalue weighted by molar-refractivity contribution is -0.125. The first-order valence-electron chi connectivity index (χ1n) is 8.73. The Balaban J connectivity index is 1.42. The fourth-order valence-electron chi connectivity index (χ4n) is 3.03. The summed E-state index contributed by atoms with van der Waals surface area (Å²) in [5, 5.41) is -0.191. The van der Waals surface area contributed by atoms with Crippen molar-refractivity contribution in [1.29, 1.82) is 0 Å². The second-order valence-corrected chi connectivity index (χ2v) is 7.34. The molecule has 0 N–H and O–H groups in total. The van der Waals surface area contributed by atoms with Crippen LogP contribution in [0.3, 0.4) is 0 Å². The lowest BCUT2D eigenvalue weighted by Crippen LogP contribution is -2.27. The first-order valence-corrected chi connectivity index (χ1v) is 9.72. The Labute approximate surface area is 166 Å². The molecular formula is C20H19N3O4S. The second-order valence-electron chi connectivity index (χ2n) is 6.41. The van der Waals surface area contributed by atoms with Gasteiger partial charge in [0.05, 0.1) is 30.4 Å². The van der Waals surface area contributed by atoms with Gasteiger partial charge in [0.1, 0.15) is 23.9 Å². The van der Waals surface area contributed by atoms with E-state index in [2.05, 4.69) is 4.98 Å². The number of thioether (sulfide) groups is 1. The maximum absolute atomic E-state index is 11.7. The molecule has 1 aliphatic heterocycles. The fourth-order valence-corrected chi connectivity index (χ4v) is 3.76. The van der Waals surface area contributed by atoms with Gasteiger partial charge in [0.15, 0.2) is 0 Å². The predicted octanol–water partition coefficient (Wildman–Crippen LogP) is 3.36. The number of amides is 2. The Hall–Kier alpha value is -3.00. The minimum atomic E-state index is -0.191. The summed E-state index contributed by atoms with van der Waals surface area (Å²) in [5.41, 5.74) is 2.74. The number of ether oxygens (including phenoxy) is 2. The molecule has 0 bridgehead atoms. The molecule has 8 heteroatoms. The summed E-state index contributed by atoms with van der Waals surface area (Å²) >= 11 is 1.04. The van der Waals surface area contributed by atoms with E-state index >= 15 is 0 Å². The van der Waals surface area contributed by atoms with E-state index in [9.17, 15) is 9.59 Å². The summed E-state index contributed by atoms with van der Waals surface area (Å²) in [7, 11) is 3.58. The molecule has 0 unspecified atom stereocenters. The molecule has 2 aromatic carbocycles. The highest BCUT2D eigenvalue weighted by molar-refractivity contribution is 8.14. The Morgan fingerprint density at radius 2 is 1.86 bits per heavy atom. The largest absolute Gasteiger partial charge is 0.497 e. The van der Waals surface area contributed by atoms with Crippen molar-refractivity contribution in [2.75, 3.05) is 12.9 Å². The van der Waals surface area contributed by atoms with E-state index in [-0.39, 0.29) is 23.4 Å². The van der Waals surface area contributed by atoms with Gasteiger partial charge < -0.3 is 14.0 Å². The average Bonchev–Trinajstić information content (AvgIpc) is 3.20. The number of hydrogen-bond acceptors (Lipinski definition) is 6. The van der Waals surface area contributed by atoms with E-state index in [1.807, 2.05) is 54.1 Å². The van der Waals surface area contributed by atoms with Gasteiger partial charge in [-0.1, -0.05) is 23.9 Å². The smallest absolute Gasteiger partial charge is 0.289 e. The fraction of sp³-hybridized carbons (Fsp3) is 0.250. The molecule has 1 aromatic heterocycles. The van der Waals surface area contributed by atoms with E-state index < -0.39 is 0 Å². The molecule has 2 heterocycles. The maximum atomic E-state index is 11.7. The van der Waals surface area contributed by atoms with Crippen molar-refractivity contribution in [2.45, 2.75) is 13.2 Å². The number of nitrogens with zero attached hydrogens (tertiary/aromatic N) is 3. The van der Waals surface area contributed by atoms with Gasteiger partial charge in [0.2, 0.25) is 5.91 Å². The zero-order valence-corrected chi connectivity index (χ0v) is 16.4. The number of hydrogen-bond donors (Lipinski definition) is 0. The van der Waals surface area contributed by atoms with Crippen LogP contribution in [0.2, 0.25) is 0 Å². The summed E-state index contributed by atoms with van der Waals surface area (Å²) in [5.74, 6) is 2.37. The van der Waals surface area contributed by atoms with Gasteiger partial charge in [-0.3, -0.25) is 14.5 Å². The summed E-state index contributed by atoms with van der Waals surface area (Å²) in [6.45, 7) is 0.615. The van der Waals surface area contributed by atoms with Crippen molar-refractivity contribution >= 4 is 33.9 Å². The molecule has 4 rings (SSSR count). The number of imidazole rings is 1. The monoisotopic (exact) mass is 397 g/mol. The first kappa shape index (κ1) is 18.4. The van der Waals surface area contributed by atoms with Gasteiger partial charge in [0.25, 0.3) is 5.24 Å². The number of carbonyl (C=O) groups excluding carboxylic acids is 2. The summed E-state index contributed by atoms with van der Waals surface area (Å²) in [6.07, 6.45) is 0. The summed E-state index contributed by atoms with van der Waals surface area (Å²) in [6, 6.07) is 13.1. The van der Waals surface area contributed by atoms with Gasteiger partial charge in [-0.25, -0.2) is 4.98 Å². The van der Waals surface area contributed by atoms with E-state index in [4.69, 9.17) is 9.47 Å². The van der Waals surface area contributed by atoms with Crippen molar-refractivity contribution in [2.24, 2.45) is 7.05 Å². The van der Waals surface area contributed by atoms with Gasteiger partial charge in [-0.2, -0.15) is 0 Å². The second kappa shape index (κ2) is 7.55. The number of rotatable bonds is 6. The van der Waals surface area contributed by atoms with Crippen molar-refractivity contribution in [3.8, 4) is 11.5 Å². The van der Waals surface area contributed by atoms with Crippen molar-refractivity contribution < 1.29 is 19.1 Å². The summed E-state index contributed by atoms with van der Waals surface area (Å²) < 4.78 is 13.1. The van der Waals surface area contributed by atoms with E-state index in [0.29, 0.717) is 12.4 Å². The molecule has 7 nitrogen and oxygen atoms in total. The third-order valence-corrected chi connectivity index (χ3v) is 5.51. The van der Waals surface area contributed by atoms with E-state index in [1.165, 1.54) is 4.90 Å². The van der Waals surface area contributed by atoms with Crippen molar-refractivity contribution in [3.05, 3.63) is 53.9 Å². The standard InChI is InChI=1S/C20H19N3O4S/c1-22-17-9-15(26-2)7-8-16(17)21-18(22)11-27-14-5-3-13(4-6-14)10-23-19(24)12-28-20(23)25/h3-9H,10-12H2,1-2H3. The van der Waals surface area contributed by atoms with Crippen LogP contribution in [-0.4, -0.2) is 38.5 Å². The van der Waals surface area contributed by atoms with Crippen molar-refractivity contribution in [3.63, 3.8) is 0 Å². The number of methoxy groups -OCH3 is 1.